The first-order valence-corrected chi connectivity index (χ1v) is 10.4. The van der Waals surface area contributed by atoms with Gasteiger partial charge < -0.3 is 24.8 Å². The number of hydrogen-bond acceptors (Lipinski definition) is 9. The number of hydrogen-bond donors (Lipinski definition) is 2. The van der Waals surface area contributed by atoms with E-state index in [1.807, 2.05) is 18.2 Å². The molecular weight excluding hydrogens is 396 g/mol. The first-order chi connectivity index (χ1) is 15.2. The van der Waals surface area contributed by atoms with Gasteiger partial charge in [0, 0.05) is 25.3 Å². The number of guanidine groups is 2. The minimum absolute atomic E-state index is 0.257. The Labute approximate surface area is 181 Å². The fourth-order valence-corrected chi connectivity index (χ4v) is 3.82. The third-order valence-corrected chi connectivity index (χ3v) is 5.46. The molecule has 31 heavy (non-hydrogen) atoms. The molecule has 162 valence electrons. The highest BCUT2D eigenvalue weighted by atomic mass is 16.7. The van der Waals surface area contributed by atoms with E-state index in [4.69, 9.17) is 19.9 Å². The first kappa shape index (κ1) is 19.7. The fourth-order valence-electron chi connectivity index (χ4n) is 3.82. The molecule has 3 N–H and O–H groups in total. The van der Waals surface area contributed by atoms with Crippen LogP contribution >= 0.6 is 0 Å². The van der Waals surface area contributed by atoms with Crippen molar-refractivity contribution in [2.75, 3.05) is 38.0 Å². The number of rotatable bonds is 4. The van der Waals surface area contributed by atoms with E-state index >= 15 is 0 Å². The number of morpholine rings is 1. The Morgan fingerprint density at radius 3 is 2.65 bits per heavy atom. The third kappa shape index (κ3) is 4.14. The molecule has 3 aliphatic rings. The van der Waals surface area contributed by atoms with Crippen LogP contribution in [0.25, 0.3) is 0 Å². The van der Waals surface area contributed by atoms with Crippen molar-refractivity contribution in [3.63, 3.8) is 0 Å². The molecule has 0 bridgehead atoms. The predicted molar refractivity (Wildman–Crippen MR) is 118 cm³/mol. The fraction of sp³-hybridized carbons (Fsp3) is 0.364. The highest BCUT2D eigenvalue weighted by Crippen LogP contribution is 2.32. The van der Waals surface area contributed by atoms with E-state index in [1.165, 1.54) is 5.56 Å². The van der Waals surface area contributed by atoms with Crippen LogP contribution in [0.4, 0.5) is 5.69 Å². The summed E-state index contributed by atoms with van der Waals surface area (Å²) in [6.07, 6.45) is -0.400. The highest BCUT2D eigenvalue weighted by Gasteiger charge is 2.31. The number of aryl methyl sites for hydroxylation is 1. The summed E-state index contributed by atoms with van der Waals surface area (Å²) in [7, 11) is 0. The van der Waals surface area contributed by atoms with E-state index in [9.17, 15) is 0 Å². The molecule has 0 amide bonds. The van der Waals surface area contributed by atoms with Gasteiger partial charge in [-0.2, -0.15) is 4.99 Å². The molecule has 2 aromatic rings. The van der Waals surface area contributed by atoms with Gasteiger partial charge in [-0.1, -0.05) is 23.8 Å². The summed E-state index contributed by atoms with van der Waals surface area (Å²) in [6, 6.07) is 14.3. The summed E-state index contributed by atoms with van der Waals surface area (Å²) in [5, 5.41) is 3.52. The molecule has 0 radical (unpaired) electrons. The molecule has 9 nitrogen and oxygen atoms in total. The molecule has 1 atom stereocenters. The van der Waals surface area contributed by atoms with Crippen LogP contribution in [0.2, 0.25) is 0 Å². The highest BCUT2D eigenvalue weighted by molar-refractivity contribution is 6.05. The van der Waals surface area contributed by atoms with Gasteiger partial charge >= 0.3 is 0 Å². The average Bonchev–Trinajstić information content (AvgIpc) is 3.27. The van der Waals surface area contributed by atoms with Crippen LogP contribution in [-0.2, 0) is 11.3 Å². The lowest BCUT2D eigenvalue weighted by Gasteiger charge is -2.41. The Balaban J connectivity index is 1.42. The first-order valence-electron chi connectivity index (χ1n) is 10.4. The van der Waals surface area contributed by atoms with Crippen LogP contribution in [0.3, 0.4) is 0 Å². The monoisotopic (exact) mass is 422 g/mol. The Hall–Kier alpha value is -3.30. The summed E-state index contributed by atoms with van der Waals surface area (Å²) in [5.41, 5.74) is 9.39. The SMILES string of the molecule is Cc1ccc(N2C(N3CCOCC3)=NC(N)=NC2NCc2ccc3c(c2)OCO3)cc1. The molecule has 1 saturated heterocycles. The Morgan fingerprint density at radius 1 is 1.06 bits per heavy atom. The van der Waals surface area contributed by atoms with Crippen molar-refractivity contribution in [1.29, 1.82) is 0 Å². The molecule has 3 aliphatic heterocycles. The van der Waals surface area contributed by atoms with Crippen molar-refractivity contribution in [3.05, 3.63) is 53.6 Å². The van der Waals surface area contributed by atoms with Crippen molar-refractivity contribution in [3.8, 4) is 11.5 Å². The minimum Gasteiger partial charge on any atom is -0.454 e. The van der Waals surface area contributed by atoms with Gasteiger partial charge in [-0.25, -0.2) is 4.99 Å². The third-order valence-electron chi connectivity index (χ3n) is 5.46. The lowest BCUT2D eigenvalue weighted by atomic mass is 10.2. The number of nitrogens with two attached hydrogens (primary N) is 1. The molecule has 0 saturated carbocycles. The second-order valence-electron chi connectivity index (χ2n) is 7.65. The van der Waals surface area contributed by atoms with Gasteiger partial charge in [-0.05, 0) is 36.8 Å². The van der Waals surface area contributed by atoms with E-state index in [-0.39, 0.29) is 12.8 Å². The molecule has 0 spiro atoms. The molecule has 1 fully saturated rings. The molecule has 5 rings (SSSR count). The lowest BCUT2D eigenvalue weighted by molar-refractivity contribution is 0.0669. The summed E-state index contributed by atoms with van der Waals surface area (Å²) >= 11 is 0. The van der Waals surface area contributed by atoms with E-state index in [2.05, 4.69) is 56.3 Å². The zero-order valence-corrected chi connectivity index (χ0v) is 17.5. The van der Waals surface area contributed by atoms with E-state index in [1.54, 1.807) is 0 Å². The molecular formula is C22H26N6O3. The van der Waals surface area contributed by atoms with Crippen molar-refractivity contribution in [1.82, 2.24) is 10.2 Å². The number of aliphatic imine (C=N–C) groups is 2. The second kappa shape index (κ2) is 8.44. The van der Waals surface area contributed by atoms with Crippen LogP contribution in [-0.4, -0.2) is 56.2 Å². The van der Waals surface area contributed by atoms with E-state index in [0.29, 0.717) is 19.8 Å². The zero-order valence-electron chi connectivity index (χ0n) is 17.5. The molecule has 3 heterocycles. The van der Waals surface area contributed by atoms with Crippen molar-refractivity contribution in [2.45, 2.75) is 19.8 Å². The molecule has 0 aliphatic carbocycles. The molecule has 1 unspecified atom stereocenters. The normalized spacial score (nSPS) is 20.5. The predicted octanol–water partition coefficient (Wildman–Crippen LogP) is 1.62. The minimum atomic E-state index is -0.400. The average molecular weight is 422 g/mol. The summed E-state index contributed by atoms with van der Waals surface area (Å²) in [5.74, 6) is 2.57. The second-order valence-corrected chi connectivity index (χ2v) is 7.65. The quantitative estimate of drug-likeness (QED) is 0.773. The number of anilines is 1. The summed E-state index contributed by atoms with van der Waals surface area (Å²) in [6.45, 7) is 5.74. The van der Waals surface area contributed by atoms with Crippen LogP contribution in [0.15, 0.2) is 52.4 Å². The van der Waals surface area contributed by atoms with Crippen LogP contribution < -0.4 is 25.4 Å². The van der Waals surface area contributed by atoms with Crippen molar-refractivity contribution < 1.29 is 14.2 Å². The van der Waals surface area contributed by atoms with E-state index < -0.39 is 6.29 Å². The van der Waals surface area contributed by atoms with Gasteiger partial charge in [0.15, 0.2) is 17.8 Å². The van der Waals surface area contributed by atoms with Crippen molar-refractivity contribution in [2.24, 2.45) is 15.7 Å². The Morgan fingerprint density at radius 2 is 1.84 bits per heavy atom. The number of nitrogens with zero attached hydrogens (tertiary/aromatic N) is 4. The number of ether oxygens (including phenoxy) is 3. The number of nitrogens with one attached hydrogen (secondary N) is 1. The molecule has 9 heteroatoms. The standard InChI is InChI=1S/C22H26N6O3/c1-15-2-5-17(6-3-15)28-21(24-13-16-4-7-18-19(12-16)31-14-30-18)25-20(23)26-22(28)27-8-10-29-11-9-27/h2-7,12,21,24H,8-11,13-14H2,1H3,(H2,23,25). The van der Waals surface area contributed by atoms with E-state index in [0.717, 1.165) is 41.8 Å². The van der Waals surface area contributed by atoms with Gasteiger partial charge in [0.25, 0.3) is 0 Å². The van der Waals surface area contributed by atoms with Gasteiger partial charge in [-0.15, -0.1) is 0 Å². The summed E-state index contributed by atoms with van der Waals surface area (Å²) < 4.78 is 16.4. The van der Waals surface area contributed by atoms with Gasteiger partial charge in [0.2, 0.25) is 18.7 Å². The maximum absolute atomic E-state index is 6.13. The maximum atomic E-state index is 6.13. The number of benzene rings is 2. The summed E-state index contributed by atoms with van der Waals surface area (Å²) in [4.78, 5) is 13.5. The largest absolute Gasteiger partial charge is 0.454 e. The number of fused-ring (bicyclic) bond motifs is 1. The smallest absolute Gasteiger partial charge is 0.231 e. The van der Waals surface area contributed by atoms with Crippen LogP contribution in [0, 0.1) is 6.92 Å². The topological polar surface area (TPSA) is 96.9 Å². The Bertz CT molecular complexity index is 1000. The van der Waals surface area contributed by atoms with Gasteiger partial charge in [-0.3, -0.25) is 10.2 Å². The van der Waals surface area contributed by atoms with Crippen molar-refractivity contribution >= 4 is 17.6 Å². The molecule has 0 aromatic heterocycles. The zero-order chi connectivity index (χ0) is 21.2. The maximum Gasteiger partial charge on any atom is 0.231 e. The molecule has 2 aromatic carbocycles. The van der Waals surface area contributed by atoms with Crippen LogP contribution in [0.5, 0.6) is 11.5 Å². The Kier molecular flexibility index (Phi) is 5.35. The van der Waals surface area contributed by atoms with Gasteiger partial charge in [0.05, 0.1) is 13.2 Å². The van der Waals surface area contributed by atoms with Crippen LogP contribution in [0.1, 0.15) is 11.1 Å². The lowest BCUT2D eigenvalue weighted by Crippen LogP contribution is -2.58. The van der Waals surface area contributed by atoms with Gasteiger partial charge in [0.1, 0.15) is 0 Å².